The van der Waals surface area contributed by atoms with E-state index in [9.17, 15) is 0 Å². The van der Waals surface area contributed by atoms with Crippen LogP contribution in [0.5, 0.6) is 0 Å². The van der Waals surface area contributed by atoms with Crippen molar-refractivity contribution in [2.45, 2.75) is 56.2 Å². The standard InChI is InChI=1S/C14H28N2S/c1-17-14-7-10-16(11-8-14)12-9-15-13-5-3-2-4-6-13/h13-15H,2-12H2,1H3. The van der Waals surface area contributed by atoms with Gasteiger partial charge in [0, 0.05) is 24.4 Å². The fourth-order valence-corrected chi connectivity index (χ4v) is 3.78. The largest absolute Gasteiger partial charge is 0.313 e. The van der Waals surface area contributed by atoms with Crippen LogP contribution < -0.4 is 5.32 Å². The van der Waals surface area contributed by atoms with Crippen LogP contribution in [0.4, 0.5) is 0 Å². The van der Waals surface area contributed by atoms with Crippen molar-refractivity contribution in [2.24, 2.45) is 0 Å². The first-order valence-electron chi connectivity index (χ1n) is 7.37. The number of nitrogens with zero attached hydrogens (tertiary/aromatic N) is 1. The van der Waals surface area contributed by atoms with Crippen molar-refractivity contribution in [1.29, 1.82) is 0 Å². The fourth-order valence-electron chi connectivity index (χ4n) is 3.10. The first-order valence-corrected chi connectivity index (χ1v) is 8.66. The molecule has 0 unspecified atom stereocenters. The van der Waals surface area contributed by atoms with E-state index in [1.165, 1.54) is 71.1 Å². The number of thioether (sulfide) groups is 1. The van der Waals surface area contributed by atoms with Gasteiger partial charge >= 0.3 is 0 Å². The normalized spacial score (nSPS) is 25.2. The van der Waals surface area contributed by atoms with Crippen molar-refractivity contribution in [1.82, 2.24) is 10.2 Å². The second-order valence-corrected chi connectivity index (χ2v) is 6.70. The molecule has 0 radical (unpaired) electrons. The van der Waals surface area contributed by atoms with Gasteiger partial charge in [0.1, 0.15) is 0 Å². The molecule has 0 bridgehead atoms. The lowest BCUT2D eigenvalue weighted by molar-refractivity contribution is 0.226. The first kappa shape index (κ1) is 13.7. The minimum atomic E-state index is 0.826. The summed E-state index contributed by atoms with van der Waals surface area (Å²) in [4.78, 5) is 2.64. The van der Waals surface area contributed by atoms with Gasteiger partial charge in [0.15, 0.2) is 0 Å². The lowest BCUT2D eigenvalue weighted by Gasteiger charge is -2.32. The van der Waals surface area contributed by atoms with Crippen molar-refractivity contribution >= 4 is 11.8 Å². The Morgan fingerprint density at radius 3 is 2.41 bits per heavy atom. The molecule has 0 spiro atoms. The number of likely N-dealkylation sites (tertiary alicyclic amines) is 1. The van der Waals surface area contributed by atoms with Gasteiger partial charge in [-0.05, 0) is 45.0 Å². The van der Waals surface area contributed by atoms with E-state index in [4.69, 9.17) is 0 Å². The monoisotopic (exact) mass is 256 g/mol. The van der Waals surface area contributed by atoms with Crippen molar-refractivity contribution in [2.75, 3.05) is 32.4 Å². The van der Waals surface area contributed by atoms with E-state index in [1.807, 2.05) is 0 Å². The Morgan fingerprint density at radius 1 is 1.06 bits per heavy atom. The van der Waals surface area contributed by atoms with E-state index in [-0.39, 0.29) is 0 Å². The number of nitrogens with one attached hydrogen (secondary N) is 1. The average Bonchev–Trinajstić information content (AvgIpc) is 2.41. The molecular weight excluding hydrogens is 228 g/mol. The maximum Gasteiger partial charge on any atom is 0.0107 e. The summed E-state index contributed by atoms with van der Waals surface area (Å²) >= 11 is 2.05. The van der Waals surface area contributed by atoms with Gasteiger partial charge in [0.05, 0.1) is 0 Å². The molecule has 1 aliphatic heterocycles. The molecule has 0 aromatic carbocycles. The Balaban J connectivity index is 1.53. The third-order valence-electron chi connectivity index (χ3n) is 4.33. The van der Waals surface area contributed by atoms with Crippen molar-refractivity contribution in [3.8, 4) is 0 Å². The third-order valence-corrected chi connectivity index (χ3v) is 5.47. The second kappa shape index (κ2) is 7.65. The summed E-state index contributed by atoms with van der Waals surface area (Å²) in [7, 11) is 0. The van der Waals surface area contributed by atoms with Gasteiger partial charge in [-0.1, -0.05) is 19.3 Å². The van der Waals surface area contributed by atoms with Crippen molar-refractivity contribution in [3.05, 3.63) is 0 Å². The topological polar surface area (TPSA) is 15.3 Å². The van der Waals surface area contributed by atoms with Gasteiger partial charge in [-0.3, -0.25) is 0 Å². The molecule has 1 saturated carbocycles. The Kier molecular flexibility index (Phi) is 6.16. The van der Waals surface area contributed by atoms with E-state index < -0.39 is 0 Å². The van der Waals surface area contributed by atoms with Gasteiger partial charge in [0.2, 0.25) is 0 Å². The van der Waals surface area contributed by atoms with Crippen LogP contribution in [-0.2, 0) is 0 Å². The molecule has 2 fully saturated rings. The summed E-state index contributed by atoms with van der Waals surface area (Å²) in [5, 5.41) is 4.68. The molecule has 100 valence electrons. The smallest absolute Gasteiger partial charge is 0.0107 e. The van der Waals surface area contributed by atoms with Gasteiger partial charge in [-0.2, -0.15) is 11.8 Å². The van der Waals surface area contributed by atoms with E-state index in [1.54, 1.807) is 0 Å². The molecule has 1 N–H and O–H groups in total. The molecule has 1 saturated heterocycles. The zero-order chi connectivity index (χ0) is 11.9. The fraction of sp³-hybridized carbons (Fsp3) is 1.00. The van der Waals surface area contributed by atoms with E-state index in [0.29, 0.717) is 0 Å². The summed E-state index contributed by atoms with van der Waals surface area (Å²) in [6.45, 7) is 5.10. The van der Waals surface area contributed by atoms with Crippen LogP contribution in [-0.4, -0.2) is 48.6 Å². The summed E-state index contributed by atoms with van der Waals surface area (Å²) in [5.41, 5.74) is 0. The molecule has 0 aromatic heterocycles. The number of rotatable bonds is 5. The molecule has 17 heavy (non-hydrogen) atoms. The molecule has 3 heteroatoms. The van der Waals surface area contributed by atoms with Gasteiger partial charge in [-0.15, -0.1) is 0 Å². The highest BCUT2D eigenvalue weighted by atomic mass is 32.2. The Morgan fingerprint density at radius 2 is 1.76 bits per heavy atom. The van der Waals surface area contributed by atoms with Crippen LogP contribution in [0, 0.1) is 0 Å². The SMILES string of the molecule is CSC1CCN(CCNC2CCCCC2)CC1. The van der Waals surface area contributed by atoms with Crippen LogP contribution in [0.15, 0.2) is 0 Å². The van der Waals surface area contributed by atoms with Gasteiger partial charge < -0.3 is 10.2 Å². The highest BCUT2D eigenvalue weighted by molar-refractivity contribution is 7.99. The van der Waals surface area contributed by atoms with Crippen LogP contribution in [0.1, 0.15) is 44.9 Å². The highest BCUT2D eigenvalue weighted by Crippen LogP contribution is 2.20. The van der Waals surface area contributed by atoms with E-state index in [0.717, 1.165) is 11.3 Å². The third kappa shape index (κ3) is 4.80. The number of hydrogen-bond donors (Lipinski definition) is 1. The highest BCUT2D eigenvalue weighted by Gasteiger charge is 2.18. The maximum absolute atomic E-state index is 3.75. The molecule has 2 nitrogen and oxygen atoms in total. The van der Waals surface area contributed by atoms with Crippen LogP contribution in [0.2, 0.25) is 0 Å². The van der Waals surface area contributed by atoms with E-state index in [2.05, 4.69) is 28.2 Å². The Bertz CT molecular complexity index is 196. The summed E-state index contributed by atoms with van der Waals surface area (Å²) in [6, 6.07) is 0.826. The second-order valence-electron chi connectivity index (χ2n) is 5.57. The minimum Gasteiger partial charge on any atom is -0.313 e. The molecule has 1 heterocycles. The average molecular weight is 256 g/mol. The quantitative estimate of drug-likeness (QED) is 0.814. The lowest BCUT2D eigenvalue weighted by Crippen LogP contribution is -2.41. The summed E-state index contributed by atoms with van der Waals surface area (Å²) < 4.78 is 0. The first-order chi connectivity index (χ1) is 8.38. The molecule has 2 aliphatic rings. The van der Waals surface area contributed by atoms with E-state index >= 15 is 0 Å². The molecule has 1 aliphatic carbocycles. The maximum atomic E-state index is 3.75. The van der Waals surface area contributed by atoms with Crippen molar-refractivity contribution < 1.29 is 0 Å². The van der Waals surface area contributed by atoms with Crippen LogP contribution in [0.25, 0.3) is 0 Å². The molecule has 2 rings (SSSR count). The van der Waals surface area contributed by atoms with Crippen LogP contribution in [0.3, 0.4) is 0 Å². The predicted octanol–water partition coefficient (Wildman–Crippen LogP) is 2.74. The summed E-state index contributed by atoms with van der Waals surface area (Å²) in [6.07, 6.45) is 12.2. The molecular formula is C14H28N2S. The minimum absolute atomic E-state index is 0.826. The lowest BCUT2D eigenvalue weighted by atomic mass is 9.95. The molecule has 0 amide bonds. The Labute approximate surface area is 111 Å². The van der Waals surface area contributed by atoms with Gasteiger partial charge in [0.25, 0.3) is 0 Å². The van der Waals surface area contributed by atoms with Crippen LogP contribution >= 0.6 is 11.8 Å². The zero-order valence-corrected chi connectivity index (χ0v) is 12.1. The zero-order valence-electron chi connectivity index (χ0n) is 11.3. The predicted molar refractivity (Wildman–Crippen MR) is 77.9 cm³/mol. The van der Waals surface area contributed by atoms with Crippen molar-refractivity contribution in [3.63, 3.8) is 0 Å². The molecule has 0 aromatic rings. The summed E-state index contributed by atoms with van der Waals surface area (Å²) in [5.74, 6) is 0. The Hall–Kier alpha value is 0.270. The van der Waals surface area contributed by atoms with Gasteiger partial charge in [-0.25, -0.2) is 0 Å². The molecule has 0 atom stereocenters. The number of hydrogen-bond acceptors (Lipinski definition) is 3. The number of piperidine rings is 1.